The van der Waals surface area contributed by atoms with Crippen LogP contribution in [0.1, 0.15) is 167 Å². The van der Waals surface area contributed by atoms with Crippen molar-refractivity contribution < 1.29 is 47.7 Å². The number of rotatable bonds is 48. The van der Waals surface area contributed by atoms with Crippen LogP contribution in [0.2, 0.25) is 0 Å². The van der Waals surface area contributed by atoms with E-state index < -0.39 is 12.1 Å². The van der Waals surface area contributed by atoms with Crippen LogP contribution in [0.5, 0.6) is 0 Å². The van der Waals surface area contributed by atoms with E-state index in [1.807, 2.05) is 0 Å². The fourth-order valence-corrected chi connectivity index (χ4v) is 6.98. The second-order valence-electron chi connectivity index (χ2n) is 16.8. The number of Topliss-reactive ketones (excluding diaryl/α,β-unsaturated/α-hetero) is 4. The van der Waals surface area contributed by atoms with E-state index in [0.29, 0.717) is 77.0 Å². The van der Waals surface area contributed by atoms with Crippen molar-refractivity contribution in [3.8, 4) is 0 Å². The molecular formula is C48H86N6O10. The Morgan fingerprint density at radius 1 is 0.609 bits per heavy atom. The number of nitrogens with one attached hydrogen (secondary N) is 4. The molecule has 0 saturated carbocycles. The van der Waals surface area contributed by atoms with Gasteiger partial charge in [-0.05, 0) is 39.0 Å². The topological polar surface area (TPSA) is 230 Å². The van der Waals surface area contributed by atoms with E-state index in [-0.39, 0.29) is 88.2 Å². The lowest BCUT2D eigenvalue weighted by atomic mass is 10.00. The van der Waals surface area contributed by atoms with E-state index in [4.69, 9.17) is 24.7 Å². The van der Waals surface area contributed by atoms with Gasteiger partial charge < -0.3 is 50.4 Å². The average Bonchev–Trinajstić information content (AvgIpc) is 3.79. The maximum atomic E-state index is 12.8. The molecule has 1 aromatic rings. The van der Waals surface area contributed by atoms with Crippen LogP contribution in [0.15, 0.2) is 12.5 Å². The summed E-state index contributed by atoms with van der Waals surface area (Å²) in [5.74, 6) is -0.693. The van der Waals surface area contributed by atoms with Gasteiger partial charge in [0.25, 0.3) is 0 Å². The van der Waals surface area contributed by atoms with E-state index in [2.05, 4.69) is 32.8 Å². The molecule has 0 radical (unpaired) electrons. The molecule has 0 aliphatic rings. The summed E-state index contributed by atoms with van der Waals surface area (Å²) in [5.41, 5.74) is 6.77. The Morgan fingerprint density at radius 3 is 1.73 bits per heavy atom. The number of aromatic nitrogens is 2. The van der Waals surface area contributed by atoms with Gasteiger partial charge in [0, 0.05) is 63.7 Å². The first kappa shape index (κ1) is 58.6. The number of carbonyl (C=O) groups excluding carboxylic acids is 6. The van der Waals surface area contributed by atoms with Crippen LogP contribution in [0.3, 0.4) is 0 Å². The predicted molar refractivity (Wildman–Crippen MR) is 249 cm³/mol. The van der Waals surface area contributed by atoms with E-state index in [1.165, 1.54) is 96.7 Å². The summed E-state index contributed by atoms with van der Waals surface area (Å²) in [7, 11) is 0. The third-order valence-electron chi connectivity index (χ3n) is 10.9. The summed E-state index contributed by atoms with van der Waals surface area (Å²) in [5, 5.41) is 8.51. The minimum Gasteiger partial charge on any atom is -0.379 e. The van der Waals surface area contributed by atoms with Crippen LogP contribution in [0.4, 0.5) is 0 Å². The highest BCUT2D eigenvalue weighted by molar-refractivity contribution is 5.90. The first-order chi connectivity index (χ1) is 31.1. The number of nitrogens with zero attached hydrogens (tertiary/aromatic N) is 1. The number of nitrogens with two attached hydrogens (primary N) is 1. The molecule has 16 heteroatoms. The molecule has 0 aliphatic heterocycles. The average molecular weight is 907 g/mol. The zero-order chi connectivity index (χ0) is 46.7. The zero-order valence-corrected chi connectivity index (χ0v) is 39.7. The van der Waals surface area contributed by atoms with Crippen LogP contribution in [-0.2, 0) is 54.1 Å². The minimum atomic E-state index is -0.750. The molecule has 1 aromatic heterocycles. The van der Waals surface area contributed by atoms with Gasteiger partial charge in [0.05, 0.1) is 58.0 Å². The Morgan fingerprint density at radius 2 is 1.16 bits per heavy atom. The number of unbranched alkanes of at least 4 members (excludes halogenated alkanes) is 15. The van der Waals surface area contributed by atoms with Gasteiger partial charge in [-0.3, -0.25) is 24.0 Å². The molecule has 64 heavy (non-hydrogen) atoms. The van der Waals surface area contributed by atoms with Crippen LogP contribution >= 0.6 is 0 Å². The maximum absolute atomic E-state index is 12.8. The second-order valence-corrected chi connectivity index (χ2v) is 16.8. The van der Waals surface area contributed by atoms with Crippen LogP contribution in [-0.4, -0.2) is 129 Å². The first-order valence-electron chi connectivity index (χ1n) is 24.5. The molecule has 0 saturated heterocycles. The van der Waals surface area contributed by atoms with E-state index in [9.17, 15) is 28.8 Å². The Kier molecular flexibility index (Phi) is 38.7. The quantitative estimate of drug-likeness (QED) is 0.0486. The minimum absolute atomic E-state index is 0.0736. The standard InChI is InChI=1S/C48H86N6O10/c1-3-4-5-6-7-8-9-10-11-12-13-14-15-16-17-21-42(56)22-20-28-61-30-32-63-38-48(60)52-27-29-62-31-33-64-37-47(59)51-26-19-18-23-44(45(57)25-24-40(2)55)53-36-46(58)43(49)34-41-35-50-39-54-41/h35,39,43-44,53H,3-34,36-38,49H2,1-2H3,(H,50,54)(H,51,59)(H,52,60)/t43-,44-/m0/s1. The van der Waals surface area contributed by atoms with Gasteiger partial charge in [-0.25, -0.2) is 4.98 Å². The van der Waals surface area contributed by atoms with Gasteiger partial charge in [0.2, 0.25) is 11.8 Å². The molecule has 0 fully saturated rings. The lowest BCUT2D eigenvalue weighted by molar-refractivity contribution is -0.127. The molecule has 0 aromatic carbocycles. The Balaban J connectivity index is 1.93. The second kappa shape index (κ2) is 42.2. The molecule has 6 N–H and O–H groups in total. The number of aromatic amines is 1. The summed E-state index contributed by atoms with van der Waals surface area (Å²) in [6.45, 7) is 6.00. The summed E-state index contributed by atoms with van der Waals surface area (Å²) in [6.07, 6.45) is 27.0. The predicted octanol–water partition coefficient (Wildman–Crippen LogP) is 5.83. The lowest BCUT2D eigenvalue weighted by Crippen LogP contribution is -2.45. The molecular weight excluding hydrogens is 821 g/mol. The molecule has 2 amide bonds. The maximum Gasteiger partial charge on any atom is 0.246 e. The fraction of sp³-hybridized carbons (Fsp3) is 0.812. The van der Waals surface area contributed by atoms with E-state index in [1.54, 1.807) is 6.20 Å². The Hall–Kier alpha value is -3.41. The molecule has 0 aliphatic carbocycles. The molecule has 0 bridgehead atoms. The van der Waals surface area contributed by atoms with Crippen molar-refractivity contribution in [1.29, 1.82) is 0 Å². The van der Waals surface area contributed by atoms with Crippen molar-refractivity contribution >= 4 is 34.9 Å². The first-order valence-corrected chi connectivity index (χ1v) is 24.5. The summed E-state index contributed by atoms with van der Waals surface area (Å²) < 4.78 is 21.7. The normalized spacial score (nSPS) is 12.2. The third-order valence-corrected chi connectivity index (χ3v) is 10.9. The van der Waals surface area contributed by atoms with Crippen molar-refractivity contribution in [3.63, 3.8) is 0 Å². The number of ketones is 4. The SMILES string of the molecule is CCCCCCCCCCCCCCCCCC(=O)CCCOCCOCC(=O)NCCOCCOCC(=O)NCCCC[C@H](NCC(=O)[C@@H](N)Cc1cnc[nH]1)C(=O)CCC(C)=O. The number of carbonyl (C=O) groups is 6. The van der Waals surface area contributed by atoms with Crippen molar-refractivity contribution in [3.05, 3.63) is 18.2 Å². The van der Waals surface area contributed by atoms with Crippen molar-refractivity contribution in [1.82, 2.24) is 25.9 Å². The molecule has 0 spiro atoms. The Bertz CT molecular complexity index is 1350. The lowest BCUT2D eigenvalue weighted by Gasteiger charge is -2.18. The molecule has 2 atom stereocenters. The monoisotopic (exact) mass is 907 g/mol. The van der Waals surface area contributed by atoms with Crippen molar-refractivity contribution in [2.75, 3.05) is 72.5 Å². The Labute approximate surface area is 384 Å². The van der Waals surface area contributed by atoms with E-state index in [0.717, 1.165) is 18.5 Å². The van der Waals surface area contributed by atoms with Gasteiger partial charge in [-0.2, -0.15) is 0 Å². The number of ether oxygens (including phenoxy) is 4. The smallest absolute Gasteiger partial charge is 0.246 e. The van der Waals surface area contributed by atoms with Crippen molar-refractivity contribution in [2.45, 2.75) is 180 Å². The molecule has 368 valence electrons. The number of imidazole rings is 1. The third kappa shape index (κ3) is 36.9. The van der Waals surface area contributed by atoms with Gasteiger partial charge in [0.1, 0.15) is 30.6 Å². The van der Waals surface area contributed by atoms with Crippen molar-refractivity contribution in [2.24, 2.45) is 5.73 Å². The number of hydrogen-bond acceptors (Lipinski definition) is 13. The highest BCUT2D eigenvalue weighted by Crippen LogP contribution is 2.14. The summed E-state index contributed by atoms with van der Waals surface area (Å²) >= 11 is 0. The number of hydrogen-bond donors (Lipinski definition) is 5. The largest absolute Gasteiger partial charge is 0.379 e. The van der Waals surface area contributed by atoms with Gasteiger partial charge in [-0.1, -0.05) is 96.8 Å². The molecule has 1 heterocycles. The van der Waals surface area contributed by atoms with E-state index >= 15 is 0 Å². The van der Waals surface area contributed by atoms with Crippen LogP contribution in [0.25, 0.3) is 0 Å². The zero-order valence-electron chi connectivity index (χ0n) is 39.7. The van der Waals surface area contributed by atoms with Gasteiger partial charge in [0.15, 0.2) is 5.78 Å². The van der Waals surface area contributed by atoms with Gasteiger partial charge in [-0.15, -0.1) is 0 Å². The molecule has 1 rings (SSSR count). The number of amides is 2. The summed E-state index contributed by atoms with van der Waals surface area (Å²) in [4.78, 5) is 79.9. The van der Waals surface area contributed by atoms with Crippen LogP contribution in [0, 0.1) is 0 Å². The van der Waals surface area contributed by atoms with Gasteiger partial charge >= 0.3 is 0 Å². The fourth-order valence-electron chi connectivity index (χ4n) is 6.98. The number of H-pyrrole nitrogens is 1. The summed E-state index contributed by atoms with van der Waals surface area (Å²) in [6, 6.07) is -1.35. The van der Waals surface area contributed by atoms with Crippen LogP contribution < -0.4 is 21.7 Å². The molecule has 0 unspecified atom stereocenters. The molecule has 16 nitrogen and oxygen atoms in total. The highest BCUT2D eigenvalue weighted by Gasteiger charge is 2.21. The highest BCUT2D eigenvalue weighted by atomic mass is 16.5.